The van der Waals surface area contributed by atoms with Crippen LogP contribution >= 0.6 is 37.5 Å². The molecule has 2 fully saturated rings. The van der Waals surface area contributed by atoms with Gasteiger partial charge >= 0.3 is 20.0 Å². The number of nitrogen functional groups attached to an aromatic ring is 1. The topological polar surface area (TPSA) is 211 Å². The van der Waals surface area contributed by atoms with Crippen LogP contribution in [0.5, 0.6) is 0 Å². The summed E-state index contributed by atoms with van der Waals surface area (Å²) in [5, 5.41) is 0.695. The van der Waals surface area contributed by atoms with Gasteiger partial charge in [-0.05, 0) is 29.5 Å². The molecule has 2 aliphatic rings. The summed E-state index contributed by atoms with van der Waals surface area (Å²) in [5.41, 5.74) is 7.21. The van der Waals surface area contributed by atoms with Crippen LogP contribution in [0.4, 0.5) is 5.82 Å². The number of aromatic amines is 1. The van der Waals surface area contributed by atoms with Crippen molar-refractivity contribution in [1.82, 2.24) is 29.1 Å². The largest absolute Gasteiger partial charge is 0.382 e. The summed E-state index contributed by atoms with van der Waals surface area (Å²) in [4.78, 5) is 48.7. The first-order valence-corrected chi connectivity index (χ1v) is 18.2. The summed E-state index contributed by atoms with van der Waals surface area (Å²) in [6.45, 7) is 0.587. The number of H-pyrrole nitrogens is 1. The van der Waals surface area contributed by atoms with E-state index in [9.17, 15) is 19.1 Å². The van der Waals surface area contributed by atoms with Crippen LogP contribution in [0, 0.1) is 0 Å². The molecular formula is C23H25Cl2N7O9P2S. The Bertz CT molecular complexity index is 1930. The van der Waals surface area contributed by atoms with Gasteiger partial charge in [-0.2, -0.15) is 0 Å². The third kappa shape index (κ3) is 6.38. The van der Waals surface area contributed by atoms with Crippen molar-refractivity contribution in [1.29, 1.82) is 0 Å². The number of aromatic nitrogens is 6. The van der Waals surface area contributed by atoms with E-state index in [1.807, 2.05) is 0 Å². The molecule has 6 rings (SSSR count). The minimum atomic E-state index is -4.12. The van der Waals surface area contributed by atoms with Crippen LogP contribution < -0.4 is 11.4 Å². The van der Waals surface area contributed by atoms with Gasteiger partial charge in [0.25, 0.3) is 0 Å². The van der Waals surface area contributed by atoms with Gasteiger partial charge < -0.3 is 43.6 Å². The monoisotopic (exact) mass is 707 g/mol. The van der Waals surface area contributed by atoms with Gasteiger partial charge in [-0.25, -0.2) is 24.3 Å². The molecule has 5 heterocycles. The van der Waals surface area contributed by atoms with E-state index in [0.29, 0.717) is 33.1 Å². The molecule has 21 heteroatoms. The zero-order valence-corrected chi connectivity index (χ0v) is 26.8. The summed E-state index contributed by atoms with van der Waals surface area (Å²) < 4.78 is 43.3. The van der Waals surface area contributed by atoms with Crippen molar-refractivity contribution in [2.45, 2.75) is 43.8 Å². The van der Waals surface area contributed by atoms with E-state index in [-0.39, 0.29) is 30.0 Å². The Kier molecular flexibility index (Phi) is 8.54. The highest BCUT2D eigenvalue weighted by molar-refractivity contribution is 8.07. The number of fused-ring (bicyclic) bond motifs is 2. The Hall–Kier alpha value is -2.24. The number of rotatable bonds is 9. The van der Waals surface area contributed by atoms with Crippen molar-refractivity contribution in [3.05, 3.63) is 57.5 Å². The van der Waals surface area contributed by atoms with E-state index in [1.165, 1.54) is 0 Å². The SMILES string of the molecule is C=C1C[C@H](n2cnc3cc(Cl)c(Cl)cc32)O[C@@H]1OP(O)(=S)OC1C[C@@H](COP(C)(=O)O)O[C@H]1n1c(=O)[nH]c2c(N)ncnc21. The molecule has 2 aliphatic heterocycles. The van der Waals surface area contributed by atoms with E-state index in [2.05, 4.69) is 26.5 Å². The molecule has 16 nitrogen and oxygen atoms in total. The van der Waals surface area contributed by atoms with Crippen molar-refractivity contribution in [2.75, 3.05) is 19.0 Å². The van der Waals surface area contributed by atoms with E-state index in [0.717, 1.165) is 17.6 Å². The molecular weight excluding hydrogens is 683 g/mol. The lowest BCUT2D eigenvalue weighted by Crippen LogP contribution is -2.30. The molecule has 3 aromatic heterocycles. The summed E-state index contributed by atoms with van der Waals surface area (Å²) in [6.07, 6.45) is -1.92. The highest BCUT2D eigenvalue weighted by atomic mass is 35.5. The Morgan fingerprint density at radius 2 is 1.98 bits per heavy atom. The Labute approximate surface area is 263 Å². The maximum Gasteiger partial charge on any atom is 0.330 e. The van der Waals surface area contributed by atoms with Gasteiger partial charge in [-0.1, -0.05) is 29.8 Å². The average Bonchev–Trinajstić information content (AvgIpc) is 3.68. The van der Waals surface area contributed by atoms with Crippen LogP contribution in [-0.4, -0.2) is 70.6 Å². The number of nitrogens with zero attached hydrogens (tertiary/aromatic N) is 5. The summed E-state index contributed by atoms with van der Waals surface area (Å²) in [7, 11) is -3.86. The molecule has 3 unspecified atom stereocenters. The number of ether oxygens (including phenoxy) is 2. The predicted octanol–water partition coefficient (Wildman–Crippen LogP) is 3.60. The third-order valence-corrected chi connectivity index (χ3v) is 9.77. The Morgan fingerprint density at radius 3 is 2.73 bits per heavy atom. The van der Waals surface area contributed by atoms with Gasteiger partial charge in [-0.15, -0.1) is 0 Å². The molecule has 5 N–H and O–H groups in total. The minimum absolute atomic E-state index is 0.00784. The smallest absolute Gasteiger partial charge is 0.330 e. The number of halogens is 2. The second-order valence-corrected chi connectivity index (χ2v) is 15.6. The molecule has 7 atom stereocenters. The van der Waals surface area contributed by atoms with Gasteiger partial charge in [-0.3, -0.25) is 9.09 Å². The quantitative estimate of drug-likeness (QED) is 0.145. The number of hydrogen-bond donors (Lipinski definition) is 4. The zero-order valence-electron chi connectivity index (χ0n) is 22.6. The second kappa shape index (κ2) is 11.8. The van der Waals surface area contributed by atoms with Crippen molar-refractivity contribution in [2.24, 2.45) is 0 Å². The van der Waals surface area contributed by atoms with Gasteiger partial charge in [0.1, 0.15) is 24.2 Å². The lowest BCUT2D eigenvalue weighted by Gasteiger charge is -2.26. The van der Waals surface area contributed by atoms with Crippen molar-refractivity contribution < 1.29 is 37.4 Å². The minimum Gasteiger partial charge on any atom is -0.382 e. The zero-order chi connectivity index (χ0) is 31.6. The van der Waals surface area contributed by atoms with Crippen LogP contribution in [-0.2, 0) is 39.4 Å². The Morgan fingerprint density at radius 1 is 1.23 bits per heavy atom. The van der Waals surface area contributed by atoms with E-state index < -0.39 is 51.0 Å². The van der Waals surface area contributed by atoms with Crippen LogP contribution in [0.1, 0.15) is 25.3 Å². The molecule has 44 heavy (non-hydrogen) atoms. The first-order chi connectivity index (χ1) is 20.7. The molecule has 0 aliphatic carbocycles. The number of benzene rings is 1. The molecule has 1 aromatic carbocycles. The highest BCUT2D eigenvalue weighted by Gasteiger charge is 2.44. The first kappa shape index (κ1) is 31.7. The number of nitrogens with one attached hydrogen (secondary N) is 1. The molecule has 4 aromatic rings. The number of imidazole rings is 2. The molecule has 0 bridgehead atoms. The maximum absolute atomic E-state index is 13.0. The van der Waals surface area contributed by atoms with E-state index >= 15 is 0 Å². The van der Waals surface area contributed by atoms with Gasteiger partial charge in [0.15, 0.2) is 24.0 Å². The summed E-state index contributed by atoms with van der Waals surface area (Å²) in [6, 6.07) is 3.29. The first-order valence-electron chi connectivity index (χ1n) is 12.8. The maximum atomic E-state index is 13.0. The fourth-order valence-corrected chi connectivity index (χ4v) is 7.35. The Balaban J connectivity index is 1.22. The van der Waals surface area contributed by atoms with Crippen LogP contribution in [0.15, 0.2) is 41.7 Å². The standard InChI is InChI=1S/C23H25Cl2N7O9P2S/c1-10-3-17(31-9-29-14-5-12(24)13(25)6-15(14)31)39-22(10)41-43(36,44)40-16-4-11(7-37-42(2,34)35)38-21(16)32-20-18(30-23(32)33)19(26)27-8-28-20/h5-6,8-9,11,16-17,21-22H,1,3-4,7H2,2H3,(H,30,33)(H,34,35)(H,36,44)(H2,26,27,28)/t11-,16?,17+,21+,22+,43?/m0/s1. The fourth-order valence-electron chi connectivity index (χ4n) is 5.00. The van der Waals surface area contributed by atoms with E-state index in [1.54, 1.807) is 23.0 Å². The second-order valence-electron chi connectivity index (χ2n) is 10.2. The van der Waals surface area contributed by atoms with Crippen molar-refractivity contribution in [3.8, 4) is 0 Å². The summed E-state index contributed by atoms with van der Waals surface area (Å²) in [5.74, 6) is 0.0199. The lowest BCUT2D eigenvalue weighted by molar-refractivity contribution is -0.0967. The van der Waals surface area contributed by atoms with E-state index in [4.69, 9.17) is 63.8 Å². The molecule has 0 saturated carbocycles. The lowest BCUT2D eigenvalue weighted by atomic mass is 10.2. The number of hydrogen-bond acceptors (Lipinski definition) is 12. The molecule has 2 saturated heterocycles. The van der Waals surface area contributed by atoms with Gasteiger partial charge in [0.05, 0.1) is 40.1 Å². The fraction of sp³-hybridized carbons (Fsp3) is 0.391. The summed E-state index contributed by atoms with van der Waals surface area (Å²) >= 11 is 17.7. The predicted molar refractivity (Wildman–Crippen MR) is 163 cm³/mol. The van der Waals surface area contributed by atoms with Crippen LogP contribution in [0.25, 0.3) is 22.2 Å². The van der Waals surface area contributed by atoms with Crippen molar-refractivity contribution >= 4 is 77.3 Å². The average molecular weight is 708 g/mol. The van der Waals surface area contributed by atoms with Crippen LogP contribution in [0.3, 0.4) is 0 Å². The van der Waals surface area contributed by atoms with Gasteiger partial charge in [0, 0.05) is 19.5 Å². The molecule has 0 amide bonds. The highest BCUT2D eigenvalue weighted by Crippen LogP contribution is 2.53. The van der Waals surface area contributed by atoms with Gasteiger partial charge in [0.2, 0.25) is 0 Å². The van der Waals surface area contributed by atoms with Crippen LogP contribution in [0.2, 0.25) is 10.0 Å². The molecule has 0 radical (unpaired) electrons. The number of nitrogens with two attached hydrogens (primary N) is 1. The third-order valence-electron chi connectivity index (χ3n) is 6.91. The molecule has 236 valence electrons. The normalized spacial score (nSPS) is 26.8. The molecule has 0 spiro atoms. The number of anilines is 1. The van der Waals surface area contributed by atoms with Crippen molar-refractivity contribution in [3.63, 3.8) is 0 Å².